The summed E-state index contributed by atoms with van der Waals surface area (Å²) in [5, 5.41) is 7.34. The van der Waals surface area contributed by atoms with E-state index < -0.39 is 51.1 Å². The number of sulfone groups is 1. The van der Waals surface area contributed by atoms with E-state index in [1.807, 2.05) is 91.0 Å². The molecule has 326 valence electrons. The number of nitrogens with one attached hydrogen (secondary N) is 1. The van der Waals surface area contributed by atoms with Gasteiger partial charge in [-0.15, -0.1) is 0 Å². The van der Waals surface area contributed by atoms with Gasteiger partial charge in [-0.1, -0.05) is 97.1 Å². The van der Waals surface area contributed by atoms with Crippen LogP contribution in [0.1, 0.15) is 28.1 Å². The van der Waals surface area contributed by atoms with E-state index in [1.165, 1.54) is 44.5 Å². The number of aromatic nitrogens is 5. The Hall–Kier alpha value is -7.53. The number of hydrogen-bond donors (Lipinski definition) is 1. The van der Waals surface area contributed by atoms with Gasteiger partial charge in [0, 0.05) is 24.6 Å². The van der Waals surface area contributed by atoms with E-state index in [-0.39, 0.29) is 56.7 Å². The van der Waals surface area contributed by atoms with Crippen LogP contribution < -0.4 is 20.5 Å². The summed E-state index contributed by atoms with van der Waals surface area (Å²) in [7, 11) is -1.08. The number of hydrogen-bond acceptors (Lipinski definition) is 8. The molecular weight excluding hydrogens is 853 g/mol. The molecule has 8 rings (SSSR count). The zero-order valence-electron chi connectivity index (χ0n) is 34.4. The van der Waals surface area contributed by atoms with Crippen LogP contribution in [-0.4, -0.2) is 51.6 Å². The molecule has 1 amide bonds. The van der Waals surface area contributed by atoms with Gasteiger partial charge in [0.1, 0.15) is 25.0 Å². The SMILES string of the molecule is COc1cc(-c2cc(C(F)(F)F)cc3c2n(C)c(=O)n3CC(=O)Nc2cccc(S(C)(=O)=O)c2)cc(F)c1OCc1ncn(C(c2ccccc2)(c2ccccc2)c2ccccc2)n1. The molecular formula is C47H38F4N6O6S. The fraction of sp³-hybridized carbons (Fsp3) is 0.149. The highest BCUT2D eigenvalue weighted by atomic mass is 32.2. The van der Waals surface area contributed by atoms with Gasteiger partial charge in [-0.05, 0) is 64.7 Å². The molecule has 6 aromatic carbocycles. The van der Waals surface area contributed by atoms with E-state index in [2.05, 4.69) is 10.3 Å². The summed E-state index contributed by atoms with van der Waals surface area (Å²) in [5.74, 6) is -2.17. The Morgan fingerprint density at radius 1 is 0.797 bits per heavy atom. The topological polar surface area (TPSA) is 139 Å². The van der Waals surface area contributed by atoms with Crippen molar-refractivity contribution in [2.75, 3.05) is 18.7 Å². The number of methoxy groups -OCH3 is 1. The minimum Gasteiger partial charge on any atom is -0.493 e. The van der Waals surface area contributed by atoms with Gasteiger partial charge in [-0.2, -0.15) is 18.3 Å². The quantitative estimate of drug-likeness (QED) is 0.0903. The monoisotopic (exact) mass is 890 g/mol. The third kappa shape index (κ3) is 8.12. The van der Waals surface area contributed by atoms with Crippen molar-refractivity contribution < 1.29 is 40.2 Å². The van der Waals surface area contributed by atoms with Crippen molar-refractivity contribution >= 4 is 32.5 Å². The van der Waals surface area contributed by atoms with Crippen LogP contribution in [0.25, 0.3) is 22.2 Å². The van der Waals surface area contributed by atoms with Crippen molar-refractivity contribution in [1.82, 2.24) is 23.9 Å². The molecule has 17 heteroatoms. The van der Waals surface area contributed by atoms with Crippen molar-refractivity contribution in [3.05, 3.63) is 190 Å². The Balaban J connectivity index is 1.14. The molecule has 0 bridgehead atoms. The molecule has 0 saturated heterocycles. The number of ether oxygens (including phenoxy) is 2. The van der Waals surface area contributed by atoms with Crippen molar-refractivity contribution in [2.45, 2.75) is 29.8 Å². The molecule has 0 spiro atoms. The van der Waals surface area contributed by atoms with E-state index in [0.717, 1.165) is 50.3 Å². The minimum atomic E-state index is -4.92. The van der Waals surface area contributed by atoms with Gasteiger partial charge in [0.05, 0.1) is 28.6 Å². The first-order valence-electron chi connectivity index (χ1n) is 19.6. The highest BCUT2D eigenvalue weighted by molar-refractivity contribution is 7.90. The van der Waals surface area contributed by atoms with Gasteiger partial charge in [-0.25, -0.2) is 27.3 Å². The van der Waals surface area contributed by atoms with Gasteiger partial charge in [0.2, 0.25) is 5.91 Å². The molecule has 1 N–H and O–H groups in total. The molecule has 0 unspecified atom stereocenters. The Kier molecular flexibility index (Phi) is 11.4. The van der Waals surface area contributed by atoms with Crippen LogP contribution in [0.4, 0.5) is 23.2 Å². The van der Waals surface area contributed by atoms with E-state index >= 15 is 4.39 Å². The molecule has 8 aromatic rings. The van der Waals surface area contributed by atoms with Crippen LogP contribution in [-0.2, 0) is 46.5 Å². The molecule has 0 aliphatic rings. The number of amides is 1. The molecule has 0 atom stereocenters. The van der Waals surface area contributed by atoms with Crippen LogP contribution in [0.3, 0.4) is 0 Å². The number of benzene rings is 6. The van der Waals surface area contributed by atoms with Crippen molar-refractivity contribution in [1.29, 1.82) is 0 Å². The smallest absolute Gasteiger partial charge is 0.416 e. The Labute approximate surface area is 363 Å². The number of halogens is 4. The van der Waals surface area contributed by atoms with E-state index in [9.17, 15) is 31.2 Å². The van der Waals surface area contributed by atoms with Crippen molar-refractivity contribution in [3.8, 4) is 22.6 Å². The largest absolute Gasteiger partial charge is 0.493 e. The minimum absolute atomic E-state index is 0.0338. The zero-order chi connectivity index (χ0) is 45.4. The van der Waals surface area contributed by atoms with Gasteiger partial charge >= 0.3 is 11.9 Å². The summed E-state index contributed by atoms with van der Waals surface area (Å²) in [5.41, 5.74) is -0.803. The van der Waals surface area contributed by atoms with Gasteiger partial charge in [0.15, 0.2) is 33.0 Å². The number of carbonyl (C=O) groups is 1. The third-order valence-corrected chi connectivity index (χ3v) is 11.9. The lowest BCUT2D eigenvalue weighted by Crippen LogP contribution is -2.38. The lowest BCUT2D eigenvalue weighted by molar-refractivity contribution is -0.137. The number of alkyl halides is 3. The Bertz CT molecular complexity index is 3090. The molecule has 0 aliphatic heterocycles. The summed E-state index contributed by atoms with van der Waals surface area (Å²) in [6.45, 7) is -1.07. The van der Waals surface area contributed by atoms with Crippen LogP contribution in [0, 0.1) is 5.82 Å². The second-order valence-electron chi connectivity index (χ2n) is 14.9. The fourth-order valence-corrected chi connectivity index (χ4v) is 8.52. The second-order valence-corrected chi connectivity index (χ2v) is 16.9. The second kappa shape index (κ2) is 17.0. The average Bonchev–Trinajstić information content (AvgIpc) is 3.85. The summed E-state index contributed by atoms with van der Waals surface area (Å²) in [6, 6.07) is 38.4. The predicted octanol–water partition coefficient (Wildman–Crippen LogP) is 8.23. The summed E-state index contributed by atoms with van der Waals surface area (Å²) in [4.78, 5) is 31.3. The predicted molar refractivity (Wildman–Crippen MR) is 231 cm³/mol. The standard InChI is InChI=1S/C47H38F4N6O6S/c1-55-43-37(24-34(47(49,50)51)25-39(43)56(45(55)59)27-42(58)53-35-20-13-21-36(26-35)64(3,60)61)30-22-38(48)44(40(23-30)62-2)63-28-41-52-29-57(54-41)46(31-14-7-4-8-15-31,32-16-9-5-10-17-32)33-18-11-6-12-19-33/h4-26,29H,27-28H2,1-3H3,(H,53,58). The maximum atomic E-state index is 16.3. The van der Waals surface area contributed by atoms with Crippen LogP contribution in [0.2, 0.25) is 0 Å². The maximum Gasteiger partial charge on any atom is 0.416 e. The summed E-state index contributed by atoms with van der Waals surface area (Å²) >= 11 is 0. The van der Waals surface area contributed by atoms with Gasteiger partial charge in [-0.3, -0.25) is 13.9 Å². The number of carbonyl (C=O) groups excluding carboxylic acids is 1. The molecule has 0 fully saturated rings. The highest BCUT2D eigenvalue weighted by Gasteiger charge is 2.40. The molecule has 0 radical (unpaired) electrons. The van der Waals surface area contributed by atoms with Crippen LogP contribution >= 0.6 is 0 Å². The maximum absolute atomic E-state index is 16.3. The van der Waals surface area contributed by atoms with Crippen LogP contribution in [0.5, 0.6) is 11.5 Å². The summed E-state index contributed by atoms with van der Waals surface area (Å²) in [6.07, 6.45) is -2.36. The first kappa shape index (κ1) is 43.1. The molecule has 0 saturated carbocycles. The lowest BCUT2D eigenvalue weighted by atomic mass is 9.77. The van der Waals surface area contributed by atoms with Crippen molar-refractivity contribution in [3.63, 3.8) is 0 Å². The van der Waals surface area contributed by atoms with E-state index in [1.54, 1.807) is 11.0 Å². The number of fused-ring (bicyclic) bond motifs is 1. The van der Waals surface area contributed by atoms with Crippen LogP contribution in [0.15, 0.2) is 156 Å². The van der Waals surface area contributed by atoms with Gasteiger partial charge in [0.25, 0.3) is 0 Å². The average molecular weight is 891 g/mol. The Morgan fingerprint density at radius 2 is 1.41 bits per heavy atom. The Morgan fingerprint density at radius 3 is 1.97 bits per heavy atom. The number of imidazole rings is 1. The first-order valence-corrected chi connectivity index (χ1v) is 21.5. The normalized spacial score (nSPS) is 12.0. The zero-order valence-corrected chi connectivity index (χ0v) is 35.2. The molecule has 64 heavy (non-hydrogen) atoms. The molecule has 2 aromatic heterocycles. The lowest BCUT2D eigenvalue weighted by Gasteiger charge is -2.35. The highest BCUT2D eigenvalue weighted by Crippen LogP contribution is 2.43. The molecule has 0 aliphatic carbocycles. The number of rotatable bonds is 13. The molecule has 12 nitrogen and oxygen atoms in total. The summed E-state index contributed by atoms with van der Waals surface area (Å²) < 4.78 is 99.0. The number of aryl methyl sites for hydroxylation is 1. The fourth-order valence-electron chi connectivity index (χ4n) is 7.85. The van der Waals surface area contributed by atoms with Crippen molar-refractivity contribution in [2.24, 2.45) is 7.05 Å². The van der Waals surface area contributed by atoms with E-state index in [0.29, 0.717) is 0 Å². The third-order valence-electron chi connectivity index (χ3n) is 10.8. The van der Waals surface area contributed by atoms with E-state index in [4.69, 9.17) is 14.6 Å². The molecule has 2 heterocycles. The number of nitrogens with zero attached hydrogens (tertiary/aromatic N) is 5. The van der Waals surface area contributed by atoms with Gasteiger partial charge < -0.3 is 14.8 Å². The first-order chi connectivity index (χ1) is 30.6. The number of anilines is 1.